The molecular weight excluding hydrogens is 300 g/mol. The first-order valence-corrected chi connectivity index (χ1v) is 7.92. The molecule has 2 unspecified atom stereocenters. The summed E-state index contributed by atoms with van der Waals surface area (Å²) in [5, 5.41) is 22.6. The van der Waals surface area contributed by atoms with E-state index in [1.165, 1.54) is 0 Å². The van der Waals surface area contributed by atoms with Crippen LogP contribution in [0.5, 0.6) is 11.5 Å². The van der Waals surface area contributed by atoms with E-state index in [1.807, 2.05) is 36.4 Å². The lowest BCUT2D eigenvalue weighted by molar-refractivity contribution is 0.249. The van der Waals surface area contributed by atoms with Crippen LogP contribution in [0.15, 0.2) is 36.4 Å². The highest BCUT2D eigenvalue weighted by Gasteiger charge is 2.30. The summed E-state index contributed by atoms with van der Waals surface area (Å²) in [5.41, 5.74) is 2.18. The molecule has 114 valence electrons. The highest BCUT2D eigenvalue weighted by molar-refractivity contribution is 6.13. The molecule has 0 saturated carbocycles. The van der Waals surface area contributed by atoms with Crippen molar-refractivity contribution in [3.05, 3.63) is 47.5 Å². The van der Waals surface area contributed by atoms with E-state index in [4.69, 9.17) is 9.47 Å². The fourth-order valence-corrected chi connectivity index (χ4v) is 3.88. The van der Waals surface area contributed by atoms with Gasteiger partial charge >= 0.3 is 0 Å². The number of benzene rings is 3. The molecule has 0 bridgehead atoms. The Morgan fingerprint density at radius 2 is 1.21 bits per heavy atom. The van der Waals surface area contributed by atoms with Crippen molar-refractivity contribution >= 4 is 21.5 Å². The average Bonchev–Trinajstić information content (AvgIpc) is 2.64. The predicted molar refractivity (Wildman–Crippen MR) is 88.9 cm³/mol. The van der Waals surface area contributed by atoms with Gasteiger partial charge in [0.15, 0.2) is 12.2 Å². The van der Waals surface area contributed by atoms with Crippen LogP contribution in [-0.2, 0) is 12.8 Å². The summed E-state index contributed by atoms with van der Waals surface area (Å²) in [4.78, 5) is 0. The fraction of sp³-hybridized carbons (Fsp3) is 0.200. The molecule has 2 heterocycles. The summed E-state index contributed by atoms with van der Waals surface area (Å²) in [7, 11) is 0. The summed E-state index contributed by atoms with van der Waals surface area (Å²) in [6.45, 7) is 0. The van der Waals surface area contributed by atoms with Gasteiger partial charge in [-0.3, -0.25) is 0 Å². The van der Waals surface area contributed by atoms with E-state index in [2.05, 4.69) is 12.1 Å². The van der Waals surface area contributed by atoms with Crippen LogP contribution in [0.3, 0.4) is 0 Å². The van der Waals surface area contributed by atoms with Crippen molar-refractivity contribution in [2.75, 3.05) is 0 Å². The Balaban J connectivity index is 1.97. The summed E-state index contributed by atoms with van der Waals surface area (Å²) in [5.74, 6) is 1.52. The smallest absolute Gasteiger partial charge is 0.188 e. The Kier molecular flexibility index (Phi) is 2.55. The van der Waals surface area contributed by atoms with Gasteiger partial charge in [0.25, 0.3) is 0 Å². The Hall–Kier alpha value is -3.24. The van der Waals surface area contributed by atoms with Crippen LogP contribution in [-0.4, -0.2) is 12.2 Å². The van der Waals surface area contributed by atoms with Gasteiger partial charge in [-0.15, -0.1) is 0 Å². The van der Waals surface area contributed by atoms with Gasteiger partial charge in [-0.1, -0.05) is 36.4 Å². The number of fused-ring (bicyclic) bond motifs is 2. The third-order valence-corrected chi connectivity index (χ3v) is 4.86. The monoisotopic (exact) mass is 312 g/mol. The molecule has 2 atom stereocenters. The molecule has 0 amide bonds. The topological polar surface area (TPSA) is 66.0 Å². The molecule has 24 heavy (non-hydrogen) atoms. The van der Waals surface area contributed by atoms with Gasteiger partial charge in [-0.25, -0.2) is 0 Å². The van der Waals surface area contributed by atoms with Crippen molar-refractivity contribution in [1.29, 1.82) is 10.5 Å². The van der Waals surface area contributed by atoms with Crippen molar-refractivity contribution in [3.63, 3.8) is 0 Å². The second-order valence-corrected chi connectivity index (χ2v) is 6.22. The third-order valence-electron chi connectivity index (χ3n) is 4.86. The van der Waals surface area contributed by atoms with E-state index in [9.17, 15) is 10.5 Å². The SMILES string of the molecule is N#CC1Cc2cccc3c4c5c(cccc5c(c23)O1)CC(C#N)O4. The summed E-state index contributed by atoms with van der Waals surface area (Å²) in [6, 6.07) is 16.5. The summed E-state index contributed by atoms with van der Waals surface area (Å²) < 4.78 is 12.0. The minimum Gasteiger partial charge on any atom is -0.474 e. The van der Waals surface area contributed by atoms with Crippen LogP contribution in [0.2, 0.25) is 0 Å². The molecule has 0 fully saturated rings. The lowest BCUT2D eigenvalue weighted by atomic mass is 9.89. The maximum atomic E-state index is 9.34. The highest BCUT2D eigenvalue weighted by atomic mass is 16.5. The zero-order valence-corrected chi connectivity index (χ0v) is 12.7. The van der Waals surface area contributed by atoms with Crippen LogP contribution >= 0.6 is 0 Å². The van der Waals surface area contributed by atoms with E-state index >= 15 is 0 Å². The normalized spacial score (nSPS) is 20.8. The standard InChI is InChI=1S/C20H12N2O2/c21-9-13-7-11-3-1-5-15-17(11)20(24-13)16-6-2-4-12-8-14(10-22)23-19(15)18(12)16/h1-6,13-14H,7-8H2. The average molecular weight is 312 g/mol. The van der Waals surface area contributed by atoms with Gasteiger partial charge in [0.2, 0.25) is 0 Å². The molecule has 2 aliphatic heterocycles. The molecule has 0 N–H and O–H groups in total. The molecule has 4 nitrogen and oxygen atoms in total. The lowest BCUT2D eigenvalue weighted by Crippen LogP contribution is -2.24. The number of hydrogen-bond acceptors (Lipinski definition) is 4. The maximum absolute atomic E-state index is 9.34. The van der Waals surface area contributed by atoms with Crippen molar-refractivity contribution in [3.8, 4) is 23.6 Å². The van der Waals surface area contributed by atoms with Crippen LogP contribution in [0.1, 0.15) is 11.1 Å². The lowest BCUT2D eigenvalue weighted by Gasteiger charge is -2.29. The third kappa shape index (κ3) is 1.60. The number of nitrogens with zero attached hydrogens (tertiary/aromatic N) is 2. The molecule has 3 aromatic carbocycles. The van der Waals surface area contributed by atoms with E-state index in [1.54, 1.807) is 0 Å². The predicted octanol–water partition coefficient (Wildman–Crippen LogP) is 3.65. The van der Waals surface area contributed by atoms with Crippen LogP contribution in [0, 0.1) is 22.7 Å². The molecule has 2 aliphatic rings. The quantitative estimate of drug-likeness (QED) is 0.594. The minimum atomic E-state index is -0.475. The molecule has 4 heteroatoms. The van der Waals surface area contributed by atoms with Gasteiger partial charge in [0.1, 0.15) is 23.6 Å². The molecular formula is C20H12N2O2. The van der Waals surface area contributed by atoms with E-state index in [0.717, 1.165) is 44.2 Å². The largest absolute Gasteiger partial charge is 0.474 e. The van der Waals surface area contributed by atoms with Crippen LogP contribution in [0.4, 0.5) is 0 Å². The maximum Gasteiger partial charge on any atom is 0.188 e. The van der Waals surface area contributed by atoms with Gasteiger partial charge in [-0.2, -0.15) is 10.5 Å². The zero-order valence-electron chi connectivity index (χ0n) is 12.7. The van der Waals surface area contributed by atoms with Crippen molar-refractivity contribution in [2.45, 2.75) is 25.0 Å². The van der Waals surface area contributed by atoms with Gasteiger partial charge in [0.05, 0.1) is 0 Å². The van der Waals surface area contributed by atoms with E-state index in [0.29, 0.717) is 12.8 Å². The van der Waals surface area contributed by atoms with Gasteiger partial charge < -0.3 is 9.47 Å². The van der Waals surface area contributed by atoms with Crippen molar-refractivity contribution in [2.24, 2.45) is 0 Å². The molecule has 0 aliphatic carbocycles. The van der Waals surface area contributed by atoms with Crippen LogP contribution < -0.4 is 9.47 Å². The fourth-order valence-electron chi connectivity index (χ4n) is 3.88. The molecule has 0 radical (unpaired) electrons. The number of nitriles is 2. The Bertz CT molecular complexity index is 1020. The minimum absolute atomic E-state index is 0.475. The molecule has 3 aromatic rings. The Labute approximate surface area is 138 Å². The molecule has 0 spiro atoms. The molecule has 0 aromatic heterocycles. The number of hydrogen-bond donors (Lipinski definition) is 0. The first-order chi connectivity index (χ1) is 11.8. The van der Waals surface area contributed by atoms with Gasteiger partial charge in [-0.05, 0) is 11.1 Å². The second kappa shape index (κ2) is 4.63. The number of ether oxygens (including phenoxy) is 2. The first kappa shape index (κ1) is 13.2. The van der Waals surface area contributed by atoms with Crippen LogP contribution in [0.25, 0.3) is 21.5 Å². The molecule has 0 saturated heterocycles. The van der Waals surface area contributed by atoms with Crippen molar-refractivity contribution < 1.29 is 9.47 Å². The summed E-state index contributed by atoms with van der Waals surface area (Å²) >= 11 is 0. The molecule has 5 rings (SSSR count). The van der Waals surface area contributed by atoms with Crippen molar-refractivity contribution in [1.82, 2.24) is 0 Å². The summed E-state index contributed by atoms with van der Waals surface area (Å²) in [6.07, 6.45) is 0.174. The Morgan fingerprint density at radius 3 is 1.62 bits per heavy atom. The van der Waals surface area contributed by atoms with Gasteiger partial charge in [0, 0.05) is 34.4 Å². The zero-order chi connectivity index (χ0) is 16.3. The Morgan fingerprint density at radius 1 is 0.750 bits per heavy atom. The first-order valence-electron chi connectivity index (χ1n) is 7.92. The second-order valence-electron chi connectivity index (χ2n) is 6.22. The highest BCUT2D eigenvalue weighted by Crippen LogP contribution is 2.49. The number of rotatable bonds is 0. The van der Waals surface area contributed by atoms with E-state index < -0.39 is 12.2 Å². The van der Waals surface area contributed by atoms with E-state index in [-0.39, 0.29) is 0 Å².